The molecule has 1 atom stereocenters. The first-order valence-corrected chi connectivity index (χ1v) is 9.76. The highest BCUT2D eigenvalue weighted by molar-refractivity contribution is 8.00. The molecule has 0 aliphatic heterocycles. The fourth-order valence-corrected chi connectivity index (χ4v) is 3.77. The fraction of sp³-hybridized carbons (Fsp3) is 0.350. The van der Waals surface area contributed by atoms with Crippen molar-refractivity contribution >= 4 is 17.7 Å². The van der Waals surface area contributed by atoms with Crippen LogP contribution in [0.3, 0.4) is 0 Å². The minimum Gasteiger partial charge on any atom is -0.497 e. The highest BCUT2D eigenvalue weighted by Crippen LogP contribution is 2.32. The lowest BCUT2D eigenvalue weighted by molar-refractivity contribution is -0.140. The van der Waals surface area contributed by atoms with Crippen LogP contribution in [0, 0.1) is 5.92 Å². The van der Waals surface area contributed by atoms with Crippen molar-refractivity contribution in [2.24, 2.45) is 5.92 Å². The average molecular weight is 401 g/mol. The minimum absolute atomic E-state index is 0.0793. The minimum atomic E-state index is -0.381. The van der Waals surface area contributed by atoms with Crippen molar-refractivity contribution in [3.05, 3.63) is 48.4 Å². The molecule has 0 bridgehead atoms. The van der Waals surface area contributed by atoms with E-state index in [1.807, 2.05) is 54.8 Å². The predicted octanol–water partition coefficient (Wildman–Crippen LogP) is 3.88. The van der Waals surface area contributed by atoms with E-state index >= 15 is 0 Å². The lowest BCUT2D eigenvalue weighted by atomic mass is 10.1. The molecule has 0 saturated heterocycles. The second kappa shape index (κ2) is 8.97. The van der Waals surface area contributed by atoms with Crippen molar-refractivity contribution in [1.29, 1.82) is 0 Å². The van der Waals surface area contributed by atoms with E-state index in [1.54, 1.807) is 13.4 Å². The number of hydrogen-bond donors (Lipinski definition) is 0. The largest absolute Gasteiger partial charge is 0.497 e. The van der Waals surface area contributed by atoms with Crippen LogP contribution >= 0.6 is 11.8 Å². The molecule has 2 aromatic heterocycles. The van der Waals surface area contributed by atoms with Gasteiger partial charge in [0.05, 0.1) is 27.0 Å². The molecular weight excluding hydrogens is 378 g/mol. The molecule has 148 valence electrons. The van der Waals surface area contributed by atoms with Gasteiger partial charge in [0.25, 0.3) is 0 Å². The number of benzene rings is 1. The van der Waals surface area contributed by atoms with Crippen LogP contribution in [0.25, 0.3) is 11.4 Å². The summed E-state index contributed by atoms with van der Waals surface area (Å²) in [7, 11) is 3.02. The predicted molar refractivity (Wildman–Crippen MR) is 106 cm³/mol. The summed E-state index contributed by atoms with van der Waals surface area (Å²) in [6.07, 6.45) is 1.63. The number of aromatic nitrogens is 3. The number of furan rings is 1. The Balaban J connectivity index is 1.99. The van der Waals surface area contributed by atoms with Gasteiger partial charge in [0.15, 0.2) is 11.0 Å². The van der Waals surface area contributed by atoms with Crippen LogP contribution in [0.4, 0.5) is 0 Å². The standard InChI is InChI=1S/C20H23N3O4S/c1-13(2)17(19(24)26-4)28-20-22-21-18(14-7-9-15(25-3)10-8-14)23(20)12-16-6-5-11-27-16/h5-11,13,17H,12H2,1-4H3. The quantitative estimate of drug-likeness (QED) is 0.418. The van der Waals surface area contributed by atoms with Gasteiger partial charge in [-0.15, -0.1) is 10.2 Å². The Kier molecular flexibility index (Phi) is 6.41. The SMILES string of the molecule is COC(=O)C(Sc1nnc(-c2ccc(OC)cc2)n1Cc1ccco1)C(C)C. The summed E-state index contributed by atoms with van der Waals surface area (Å²) in [5.74, 6) is 2.03. The molecule has 0 fully saturated rings. The molecule has 7 nitrogen and oxygen atoms in total. The normalized spacial score (nSPS) is 12.2. The van der Waals surface area contributed by atoms with Gasteiger partial charge in [-0.3, -0.25) is 9.36 Å². The molecule has 28 heavy (non-hydrogen) atoms. The van der Waals surface area contributed by atoms with Crippen LogP contribution < -0.4 is 4.74 Å². The number of carbonyl (C=O) groups is 1. The van der Waals surface area contributed by atoms with Crippen LogP contribution in [0.5, 0.6) is 5.75 Å². The zero-order chi connectivity index (χ0) is 20.1. The summed E-state index contributed by atoms with van der Waals surface area (Å²) in [4.78, 5) is 12.2. The Hall–Kier alpha value is -2.74. The van der Waals surface area contributed by atoms with Gasteiger partial charge in [0.1, 0.15) is 16.8 Å². The van der Waals surface area contributed by atoms with Gasteiger partial charge in [0.2, 0.25) is 0 Å². The lowest BCUT2D eigenvalue weighted by Gasteiger charge is -2.17. The lowest BCUT2D eigenvalue weighted by Crippen LogP contribution is -2.25. The van der Waals surface area contributed by atoms with Gasteiger partial charge < -0.3 is 13.9 Å². The molecule has 0 radical (unpaired) electrons. The number of ether oxygens (including phenoxy) is 2. The third kappa shape index (κ3) is 4.39. The summed E-state index contributed by atoms with van der Waals surface area (Å²) < 4.78 is 17.7. The van der Waals surface area contributed by atoms with E-state index in [9.17, 15) is 4.79 Å². The highest BCUT2D eigenvalue weighted by atomic mass is 32.2. The molecule has 0 aliphatic rings. The van der Waals surface area contributed by atoms with Crippen LogP contribution in [0.15, 0.2) is 52.2 Å². The summed E-state index contributed by atoms with van der Waals surface area (Å²) >= 11 is 1.35. The monoisotopic (exact) mass is 401 g/mol. The Labute approximate surface area is 168 Å². The van der Waals surface area contributed by atoms with E-state index < -0.39 is 0 Å². The first kappa shape index (κ1) is 20.0. The zero-order valence-electron chi connectivity index (χ0n) is 16.3. The number of rotatable bonds is 8. The molecule has 0 amide bonds. The van der Waals surface area contributed by atoms with E-state index in [-0.39, 0.29) is 17.1 Å². The topological polar surface area (TPSA) is 79.4 Å². The Bertz CT molecular complexity index is 904. The third-order valence-electron chi connectivity index (χ3n) is 4.23. The number of esters is 1. The van der Waals surface area contributed by atoms with E-state index in [2.05, 4.69) is 10.2 Å². The van der Waals surface area contributed by atoms with Gasteiger partial charge in [-0.25, -0.2) is 0 Å². The molecule has 8 heteroatoms. The molecule has 1 unspecified atom stereocenters. The molecule has 0 aliphatic carbocycles. The maximum Gasteiger partial charge on any atom is 0.319 e. The Morgan fingerprint density at radius 3 is 2.50 bits per heavy atom. The molecule has 0 spiro atoms. The third-order valence-corrected chi connectivity index (χ3v) is 5.73. The first-order chi connectivity index (χ1) is 13.5. The van der Waals surface area contributed by atoms with Gasteiger partial charge in [-0.2, -0.15) is 0 Å². The molecule has 0 N–H and O–H groups in total. The number of thioether (sulfide) groups is 1. The van der Waals surface area contributed by atoms with E-state index in [1.165, 1.54) is 18.9 Å². The van der Waals surface area contributed by atoms with Gasteiger partial charge in [-0.1, -0.05) is 25.6 Å². The maximum absolute atomic E-state index is 12.2. The van der Waals surface area contributed by atoms with Crippen LogP contribution in [0.1, 0.15) is 19.6 Å². The van der Waals surface area contributed by atoms with Crippen molar-refractivity contribution in [2.75, 3.05) is 14.2 Å². The first-order valence-electron chi connectivity index (χ1n) is 8.88. The van der Waals surface area contributed by atoms with Crippen LogP contribution in [0.2, 0.25) is 0 Å². The molecule has 2 heterocycles. The summed E-state index contributed by atoms with van der Waals surface area (Å²) in [6.45, 7) is 4.41. The van der Waals surface area contributed by atoms with E-state index in [0.29, 0.717) is 17.5 Å². The second-order valence-electron chi connectivity index (χ2n) is 6.51. The molecule has 1 aromatic carbocycles. The maximum atomic E-state index is 12.2. The molecular formula is C20H23N3O4S. The zero-order valence-corrected chi connectivity index (χ0v) is 17.1. The number of nitrogens with zero attached hydrogens (tertiary/aromatic N) is 3. The van der Waals surface area contributed by atoms with Crippen molar-refractivity contribution in [3.8, 4) is 17.1 Å². The van der Waals surface area contributed by atoms with E-state index in [4.69, 9.17) is 13.9 Å². The number of hydrogen-bond acceptors (Lipinski definition) is 7. The second-order valence-corrected chi connectivity index (χ2v) is 7.61. The van der Waals surface area contributed by atoms with Gasteiger partial charge in [0, 0.05) is 5.56 Å². The molecule has 3 aromatic rings. The van der Waals surface area contributed by atoms with Crippen molar-refractivity contribution in [2.45, 2.75) is 30.8 Å². The molecule has 3 rings (SSSR count). The van der Waals surface area contributed by atoms with Crippen LogP contribution in [-0.4, -0.2) is 40.2 Å². The average Bonchev–Trinajstić information content (AvgIpc) is 3.36. The van der Waals surface area contributed by atoms with Crippen molar-refractivity contribution in [3.63, 3.8) is 0 Å². The van der Waals surface area contributed by atoms with Crippen molar-refractivity contribution in [1.82, 2.24) is 14.8 Å². The summed E-state index contributed by atoms with van der Waals surface area (Å²) in [5, 5.41) is 8.98. The number of methoxy groups -OCH3 is 2. The van der Waals surface area contributed by atoms with E-state index in [0.717, 1.165) is 17.1 Å². The smallest absolute Gasteiger partial charge is 0.319 e. The van der Waals surface area contributed by atoms with Crippen molar-refractivity contribution < 1.29 is 18.7 Å². The Morgan fingerprint density at radius 1 is 1.18 bits per heavy atom. The Morgan fingerprint density at radius 2 is 1.93 bits per heavy atom. The summed E-state index contributed by atoms with van der Waals surface area (Å²) in [5.41, 5.74) is 0.894. The fourth-order valence-electron chi connectivity index (χ4n) is 2.72. The van der Waals surface area contributed by atoms with Gasteiger partial charge in [-0.05, 0) is 42.3 Å². The molecule has 0 saturated carbocycles. The van der Waals surface area contributed by atoms with Crippen LogP contribution in [-0.2, 0) is 16.1 Å². The highest BCUT2D eigenvalue weighted by Gasteiger charge is 2.28. The number of carbonyl (C=O) groups excluding carboxylic acids is 1. The summed E-state index contributed by atoms with van der Waals surface area (Å²) in [6, 6.07) is 11.3. The van der Waals surface area contributed by atoms with Gasteiger partial charge >= 0.3 is 5.97 Å².